The fraction of sp³-hybridized carbons (Fsp3) is 0.857. The lowest BCUT2D eigenvalue weighted by Gasteiger charge is -2.11. The highest BCUT2D eigenvalue weighted by Gasteiger charge is 2.15. The highest BCUT2D eigenvalue weighted by atomic mass is 16.4. The Labute approximate surface area is 115 Å². The van der Waals surface area contributed by atoms with Gasteiger partial charge in [0.15, 0.2) is 0 Å². The number of hydrogen-bond donors (Lipinski definition) is 3. The molecule has 0 aliphatic heterocycles. The molecule has 0 unspecified atom stereocenters. The van der Waals surface area contributed by atoms with E-state index in [0.717, 1.165) is 32.2 Å². The summed E-state index contributed by atoms with van der Waals surface area (Å²) in [5.41, 5.74) is 0. The molecule has 1 aliphatic rings. The maximum atomic E-state index is 11.5. The van der Waals surface area contributed by atoms with Crippen LogP contribution in [0.3, 0.4) is 0 Å². The van der Waals surface area contributed by atoms with Crippen molar-refractivity contribution in [2.24, 2.45) is 5.92 Å². The van der Waals surface area contributed by atoms with Crippen molar-refractivity contribution in [2.75, 3.05) is 13.1 Å². The molecule has 0 heterocycles. The molecule has 19 heavy (non-hydrogen) atoms. The first-order valence-corrected chi connectivity index (χ1v) is 7.42. The normalized spacial score (nSPS) is 15.4. The van der Waals surface area contributed by atoms with Gasteiger partial charge in [-0.2, -0.15) is 0 Å². The molecule has 5 heteroatoms. The predicted molar refractivity (Wildman–Crippen MR) is 74.1 cm³/mol. The summed E-state index contributed by atoms with van der Waals surface area (Å²) < 4.78 is 0. The zero-order chi connectivity index (χ0) is 13.9. The lowest BCUT2D eigenvalue weighted by molar-refractivity contribution is -0.137. The van der Waals surface area contributed by atoms with Crippen LogP contribution < -0.4 is 10.6 Å². The quantitative estimate of drug-likeness (QED) is 0.563. The van der Waals surface area contributed by atoms with E-state index in [-0.39, 0.29) is 12.5 Å². The van der Waals surface area contributed by atoms with Gasteiger partial charge in [-0.1, -0.05) is 25.7 Å². The number of aliphatic carboxylic acids is 1. The van der Waals surface area contributed by atoms with Crippen LogP contribution >= 0.6 is 0 Å². The number of urea groups is 1. The van der Waals surface area contributed by atoms with Crippen LogP contribution in [0.1, 0.15) is 57.8 Å². The van der Waals surface area contributed by atoms with Gasteiger partial charge in [-0.3, -0.25) is 4.79 Å². The van der Waals surface area contributed by atoms with Gasteiger partial charge < -0.3 is 15.7 Å². The van der Waals surface area contributed by atoms with Crippen LogP contribution in [0, 0.1) is 5.92 Å². The number of carbonyl (C=O) groups excluding carboxylic acids is 1. The summed E-state index contributed by atoms with van der Waals surface area (Å²) in [6.45, 7) is 1.47. The van der Waals surface area contributed by atoms with Gasteiger partial charge >= 0.3 is 12.0 Å². The summed E-state index contributed by atoms with van der Waals surface area (Å²) in [4.78, 5) is 21.8. The van der Waals surface area contributed by atoms with E-state index >= 15 is 0 Å². The van der Waals surface area contributed by atoms with Gasteiger partial charge in [-0.15, -0.1) is 0 Å². The minimum Gasteiger partial charge on any atom is -0.481 e. The monoisotopic (exact) mass is 270 g/mol. The van der Waals surface area contributed by atoms with E-state index in [1.807, 2.05) is 0 Å². The van der Waals surface area contributed by atoms with Crippen LogP contribution in [0.25, 0.3) is 0 Å². The number of carboxylic acid groups (broad SMARTS) is 1. The summed E-state index contributed by atoms with van der Waals surface area (Å²) in [6.07, 6.45) is 8.84. The van der Waals surface area contributed by atoms with Crippen molar-refractivity contribution in [3.8, 4) is 0 Å². The van der Waals surface area contributed by atoms with Crippen molar-refractivity contribution in [2.45, 2.75) is 57.8 Å². The van der Waals surface area contributed by atoms with Gasteiger partial charge in [0.25, 0.3) is 0 Å². The van der Waals surface area contributed by atoms with Crippen molar-refractivity contribution in [1.29, 1.82) is 0 Å². The van der Waals surface area contributed by atoms with Crippen LogP contribution in [0.2, 0.25) is 0 Å². The number of unbranched alkanes of at least 4 members (excludes halogenated alkanes) is 3. The third-order valence-electron chi connectivity index (χ3n) is 3.63. The van der Waals surface area contributed by atoms with Crippen molar-refractivity contribution in [1.82, 2.24) is 10.6 Å². The standard InChI is InChI=1S/C14H26N2O3/c17-13(18)9-3-1-2-6-10-15-14(19)16-11-12-7-4-5-8-12/h12H,1-11H2,(H,17,18)(H2,15,16,19). The van der Waals surface area contributed by atoms with E-state index < -0.39 is 5.97 Å². The molecule has 0 aromatic carbocycles. The van der Waals surface area contributed by atoms with E-state index in [4.69, 9.17) is 5.11 Å². The number of amides is 2. The molecule has 110 valence electrons. The molecule has 1 rings (SSSR count). The second-order valence-electron chi connectivity index (χ2n) is 5.35. The lowest BCUT2D eigenvalue weighted by atomic mass is 10.1. The van der Waals surface area contributed by atoms with Crippen LogP contribution in [0.4, 0.5) is 4.79 Å². The van der Waals surface area contributed by atoms with Gasteiger partial charge in [0.2, 0.25) is 0 Å². The first-order valence-electron chi connectivity index (χ1n) is 7.42. The zero-order valence-corrected chi connectivity index (χ0v) is 11.6. The molecule has 5 nitrogen and oxygen atoms in total. The Balaban J connectivity index is 1.85. The minimum absolute atomic E-state index is 0.0718. The van der Waals surface area contributed by atoms with E-state index in [1.54, 1.807) is 0 Å². The second-order valence-corrected chi connectivity index (χ2v) is 5.35. The molecule has 0 aromatic rings. The van der Waals surface area contributed by atoms with E-state index in [2.05, 4.69) is 10.6 Å². The van der Waals surface area contributed by atoms with Crippen molar-refractivity contribution in [3.05, 3.63) is 0 Å². The fourth-order valence-corrected chi connectivity index (χ4v) is 2.47. The van der Waals surface area contributed by atoms with Crippen molar-refractivity contribution < 1.29 is 14.7 Å². The Hall–Kier alpha value is -1.26. The lowest BCUT2D eigenvalue weighted by Crippen LogP contribution is -2.38. The molecule has 3 N–H and O–H groups in total. The van der Waals surface area contributed by atoms with E-state index in [9.17, 15) is 9.59 Å². The maximum absolute atomic E-state index is 11.5. The molecule has 0 atom stereocenters. The molecule has 2 amide bonds. The molecule has 0 saturated heterocycles. The molecule has 0 radical (unpaired) electrons. The Morgan fingerprint density at radius 1 is 1.00 bits per heavy atom. The largest absolute Gasteiger partial charge is 0.481 e. The van der Waals surface area contributed by atoms with Gasteiger partial charge in [-0.05, 0) is 31.6 Å². The molecule has 0 aromatic heterocycles. The van der Waals surface area contributed by atoms with Crippen molar-refractivity contribution in [3.63, 3.8) is 0 Å². The summed E-state index contributed by atoms with van der Waals surface area (Å²) in [7, 11) is 0. The van der Waals surface area contributed by atoms with Crippen LogP contribution in [-0.4, -0.2) is 30.2 Å². The van der Waals surface area contributed by atoms with E-state index in [0.29, 0.717) is 12.5 Å². The number of nitrogens with one attached hydrogen (secondary N) is 2. The Morgan fingerprint density at radius 2 is 1.68 bits per heavy atom. The molecule has 1 aliphatic carbocycles. The minimum atomic E-state index is -0.732. The Bertz CT molecular complexity index is 276. The van der Waals surface area contributed by atoms with Gasteiger partial charge in [0, 0.05) is 19.5 Å². The van der Waals surface area contributed by atoms with Crippen LogP contribution in [0.15, 0.2) is 0 Å². The molecule has 0 spiro atoms. The third kappa shape index (κ3) is 8.46. The molecule has 1 saturated carbocycles. The smallest absolute Gasteiger partial charge is 0.314 e. The molecule has 0 bridgehead atoms. The number of carboxylic acids is 1. The first-order chi connectivity index (χ1) is 9.18. The fourth-order valence-electron chi connectivity index (χ4n) is 2.47. The Morgan fingerprint density at radius 3 is 2.37 bits per heavy atom. The zero-order valence-electron chi connectivity index (χ0n) is 11.6. The average Bonchev–Trinajstić information content (AvgIpc) is 2.88. The average molecular weight is 270 g/mol. The van der Waals surface area contributed by atoms with Gasteiger partial charge in [0.05, 0.1) is 0 Å². The maximum Gasteiger partial charge on any atom is 0.314 e. The van der Waals surface area contributed by atoms with Gasteiger partial charge in [-0.25, -0.2) is 4.79 Å². The third-order valence-corrected chi connectivity index (χ3v) is 3.63. The number of hydrogen-bond acceptors (Lipinski definition) is 2. The topological polar surface area (TPSA) is 78.4 Å². The summed E-state index contributed by atoms with van der Waals surface area (Å²) in [5.74, 6) is -0.0637. The molecular formula is C14H26N2O3. The van der Waals surface area contributed by atoms with Gasteiger partial charge in [0.1, 0.15) is 0 Å². The van der Waals surface area contributed by atoms with Crippen LogP contribution in [-0.2, 0) is 4.79 Å². The number of rotatable bonds is 9. The highest BCUT2D eigenvalue weighted by molar-refractivity contribution is 5.73. The second kappa shape index (κ2) is 9.64. The summed E-state index contributed by atoms with van der Waals surface area (Å²) >= 11 is 0. The van der Waals surface area contributed by atoms with Crippen LogP contribution in [0.5, 0.6) is 0 Å². The molecular weight excluding hydrogens is 244 g/mol. The first kappa shape index (κ1) is 15.8. The van der Waals surface area contributed by atoms with E-state index in [1.165, 1.54) is 25.7 Å². The highest BCUT2D eigenvalue weighted by Crippen LogP contribution is 2.23. The predicted octanol–water partition coefficient (Wildman–Crippen LogP) is 2.51. The summed E-state index contributed by atoms with van der Waals surface area (Å²) in [6, 6.07) is -0.0718. The van der Waals surface area contributed by atoms with Crippen molar-refractivity contribution >= 4 is 12.0 Å². The SMILES string of the molecule is O=C(O)CCCCCCNC(=O)NCC1CCCC1. The summed E-state index contributed by atoms with van der Waals surface area (Å²) in [5, 5.41) is 14.2. The molecule has 1 fully saturated rings. The number of carbonyl (C=O) groups is 2. The Kier molecular flexibility index (Phi) is 8.02.